The monoisotopic (exact) mass is 617 g/mol. The summed E-state index contributed by atoms with van der Waals surface area (Å²) in [6.07, 6.45) is 7.92. The van der Waals surface area contributed by atoms with E-state index < -0.39 is 5.54 Å². The molecular weight excluding hydrogens is 590 g/mol. The van der Waals surface area contributed by atoms with Gasteiger partial charge in [-0.25, -0.2) is 14.4 Å². The first-order valence-corrected chi connectivity index (χ1v) is 15.9. The van der Waals surface area contributed by atoms with Crippen molar-refractivity contribution >= 4 is 17.0 Å². The Labute approximate surface area is 269 Å². The first kappa shape index (κ1) is 27.9. The second-order valence-electron chi connectivity index (χ2n) is 11.2. The normalized spacial score (nSPS) is 11.7. The fourth-order valence-corrected chi connectivity index (χ4v) is 7.07. The maximum absolute atomic E-state index is 14.2. The van der Waals surface area contributed by atoms with E-state index >= 15 is 0 Å². The van der Waals surface area contributed by atoms with E-state index in [1.165, 1.54) is 12.1 Å². The molecule has 0 unspecified atom stereocenters. The van der Waals surface area contributed by atoms with E-state index in [0.717, 1.165) is 61.0 Å². The highest BCUT2D eigenvalue weighted by molar-refractivity contribution is 7.13. The second-order valence-corrected chi connectivity index (χ2v) is 12.1. The Hall–Kier alpha value is -5.66. The summed E-state index contributed by atoms with van der Waals surface area (Å²) in [5, 5.41) is 8.29. The number of fused-ring (bicyclic) bond motifs is 1. The van der Waals surface area contributed by atoms with Crippen molar-refractivity contribution in [2.75, 3.05) is 0 Å². The number of benzene rings is 4. The molecule has 0 aliphatic rings. The van der Waals surface area contributed by atoms with Crippen molar-refractivity contribution in [3.63, 3.8) is 0 Å². The minimum atomic E-state index is -0.809. The Morgan fingerprint density at radius 1 is 0.696 bits per heavy atom. The molecule has 0 atom stereocenters. The number of nitrogens with zero attached hydrogens (tertiary/aromatic N) is 5. The molecule has 46 heavy (non-hydrogen) atoms. The third-order valence-corrected chi connectivity index (χ3v) is 9.30. The van der Waals surface area contributed by atoms with Gasteiger partial charge in [0.25, 0.3) is 0 Å². The molecule has 0 spiro atoms. The molecule has 0 fully saturated rings. The largest absolute Gasteiger partial charge is 0.297 e. The van der Waals surface area contributed by atoms with E-state index in [-0.39, 0.29) is 5.82 Å². The SMILES string of the molecule is Cc1cc(-c2cn(C(c3ccccc3)(c3ccccc3)c3ccccc3)nc2-c2ccc(F)cc2)cn2c(-c3nccs3)cnc12. The number of imidazole rings is 1. The lowest BCUT2D eigenvalue weighted by Crippen LogP contribution is -2.38. The molecule has 0 N–H and O–H groups in total. The van der Waals surface area contributed by atoms with Gasteiger partial charge in [-0.2, -0.15) is 5.10 Å². The van der Waals surface area contributed by atoms with E-state index in [2.05, 4.69) is 112 Å². The molecule has 0 saturated heterocycles. The third kappa shape index (κ3) is 4.55. The van der Waals surface area contributed by atoms with Crippen LogP contribution in [0.5, 0.6) is 0 Å². The standard InChI is InChI=1S/C39H28FN5S/c1-27-23-29(25-44-35(24-42-37(27)44)38-41-21-22-46-38)34-26-45(43-36(34)28-17-19-33(40)20-18-28)39(30-11-5-2-6-12-30,31-13-7-3-8-14-31)32-15-9-4-10-16-32/h2-26H,1H3. The number of aromatic nitrogens is 5. The number of halogens is 1. The summed E-state index contributed by atoms with van der Waals surface area (Å²) in [7, 11) is 0. The number of thiazole rings is 1. The van der Waals surface area contributed by atoms with Crippen LogP contribution in [-0.4, -0.2) is 24.1 Å². The van der Waals surface area contributed by atoms with Crippen LogP contribution in [0.3, 0.4) is 0 Å². The van der Waals surface area contributed by atoms with Crippen LogP contribution in [0.2, 0.25) is 0 Å². The minimum Gasteiger partial charge on any atom is -0.297 e. The summed E-state index contributed by atoms with van der Waals surface area (Å²) < 4.78 is 18.4. The van der Waals surface area contributed by atoms with Crippen LogP contribution in [0.1, 0.15) is 22.3 Å². The highest BCUT2D eigenvalue weighted by Crippen LogP contribution is 2.43. The summed E-state index contributed by atoms with van der Waals surface area (Å²) >= 11 is 1.58. The molecular formula is C39H28FN5S. The van der Waals surface area contributed by atoms with Gasteiger partial charge in [0.1, 0.15) is 33.4 Å². The molecule has 4 aromatic carbocycles. The van der Waals surface area contributed by atoms with E-state index in [1.807, 2.05) is 36.0 Å². The Bertz CT molecular complexity index is 2160. The van der Waals surface area contributed by atoms with Crippen molar-refractivity contribution in [2.45, 2.75) is 12.5 Å². The van der Waals surface area contributed by atoms with Gasteiger partial charge in [0.2, 0.25) is 0 Å². The van der Waals surface area contributed by atoms with E-state index in [0.29, 0.717) is 0 Å². The summed E-state index contributed by atoms with van der Waals surface area (Å²) in [5.41, 5.74) is 8.68. The zero-order valence-electron chi connectivity index (χ0n) is 25.0. The first-order valence-electron chi connectivity index (χ1n) is 15.0. The predicted octanol–water partition coefficient (Wildman–Crippen LogP) is 9.28. The fourth-order valence-electron chi connectivity index (χ4n) is 6.43. The van der Waals surface area contributed by atoms with Crippen LogP contribution in [0.4, 0.5) is 4.39 Å². The Morgan fingerprint density at radius 2 is 1.30 bits per heavy atom. The zero-order chi connectivity index (χ0) is 31.1. The molecule has 0 amide bonds. The van der Waals surface area contributed by atoms with E-state index in [1.54, 1.807) is 23.5 Å². The molecule has 0 radical (unpaired) electrons. The van der Waals surface area contributed by atoms with Crippen LogP contribution in [0, 0.1) is 12.7 Å². The number of aryl methyl sites for hydroxylation is 1. The smallest absolute Gasteiger partial charge is 0.141 e. The topological polar surface area (TPSA) is 48.0 Å². The van der Waals surface area contributed by atoms with Crippen molar-refractivity contribution in [1.29, 1.82) is 0 Å². The third-order valence-electron chi connectivity index (χ3n) is 8.50. The van der Waals surface area contributed by atoms with Crippen molar-refractivity contribution in [3.8, 4) is 33.1 Å². The second kappa shape index (κ2) is 11.4. The van der Waals surface area contributed by atoms with Crippen LogP contribution in [-0.2, 0) is 5.54 Å². The molecule has 4 aromatic heterocycles. The number of pyridine rings is 1. The zero-order valence-corrected chi connectivity index (χ0v) is 25.8. The van der Waals surface area contributed by atoms with E-state index in [4.69, 9.17) is 10.1 Å². The molecule has 222 valence electrons. The van der Waals surface area contributed by atoms with Crippen molar-refractivity contribution < 1.29 is 4.39 Å². The molecule has 8 aromatic rings. The van der Waals surface area contributed by atoms with E-state index in [9.17, 15) is 4.39 Å². The van der Waals surface area contributed by atoms with Crippen molar-refractivity contribution in [2.24, 2.45) is 0 Å². The Morgan fingerprint density at radius 3 is 1.87 bits per heavy atom. The summed E-state index contributed by atoms with van der Waals surface area (Å²) in [5.74, 6) is -0.291. The van der Waals surface area contributed by atoms with Gasteiger partial charge >= 0.3 is 0 Å². The highest BCUT2D eigenvalue weighted by atomic mass is 32.1. The van der Waals surface area contributed by atoms with Gasteiger partial charge < -0.3 is 0 Å². The molecule has 5 nitrogen and oxygen atoms in total. The average Bonchev–Trinajstić information content (AvgIpc) is 3.88. The lowest BCUT2D eigenvalue weighted by atomic mass is 9.77. The van der Waals surface area contributed by atoms with Gasteiger partial charge in [-0.15, -0.1) is 11.3 Å². The first-order chi connectivity index (χ1) is 22.6. The van der Waals surface area contributed by atoms with Gasteiger partial charge in [0.15, 0.2) is 0 Å². The molecule has 0 saturated carbocycles. The van der Waals surface area contributed by atoms with Gasteiger partial charge in [-0.1, -0.05) is 91.0 Å². The fraction of sp³-hybridized carbons (Fsp3) is 0.0513. The molecule has 0 aliphatic heterocycles. The van der Waals surface area contributed by atoms with Crippen molar-refractivity contribution in [3.05, 3.63) is 180 Å². The number of rotatable bonds is 7. The quantitative estimate of drug-likeness (QED) is 0.168. The molecule has 0 aliphatic carbocycles. The lowest BCUT2D eigenvalue weighted by Gasteiger charge is -2.36. The van der Waals surface area contributed by atoms with Crippen LogP contribution >= 0.6 is 11.3 Å². The summed E-state index contributed by atoms with van der Waals surface area (Å²) in [6, 6.07) is 40.1. The predicted molar refractivity (Wildman–Crippen MR) is 182 cm³/mol. The van der Waals surface area contributed by atoms with Crippen LogP contribution in [0.15, 0.2) is 151 Å². The molecule has 4 heterocycles. The Kier molecular flexibility index (Phi) is 6.88. The maximum Gasteiger partial charge on any atom is 0.141 e. The maximum atomic E-state index is 14.2. The van der Waals surface area contributed by atoms with Crippen LogP contribution in [0.25, 0.3) is 38.7 Å². The van der Waals surface area contributed by atoms with Gasteiger partial charge in [-0.05, 0) is 59.5 Å². The molecule has 8 rings (SSSR count). The highest BCUT2D eigenvalue weighted by Gasteiger charge is 2.40. The van der Waals surface area contributed by atoms with Gasteiger partial charge in [0, 0.05) is 40.7 Å². The number of hydrogen-bond donors (Lipinski definition) is 0. The summed E-state index contributed by atoms with van der Waals surface area (Å²) in [6.45, 7) is 2.07. The van der Waals surface area contributed by atoms with Crippen molar-refractivity contribution in [1.82, 2.24) is 24.1 Å². The molecule has 0 bridgehead atoms. The number of hydrogen-bond acceptors (Lipinski definition) is 4. The molecule has 7 heteroatoms. The lowest BCUT2D eigenvalue weighted by molar-refractivity contribution is 0.461. The van der Waals surface area contributed by atoms with Crippen LogP contribution < -0.4 is 0 Å². The Balaban J connectivity index is 1.46. The van der Waals surface area contributed by atoms with Gasteiger partial charge in [0.05, 0.1) is 6.20 Å². The van der Waals surface area contributed by atoms with Gasteiger partial charge in [-0.3, -0.25) is 9.08 Å². The minimum absolute atomic E-state index is 0.291. The average molecular weight is 618 g/mol. The summed E-state index contributed by atoms with van der Waals surface area (Å²) in [4.78, 5) is 9.29.